The van der Waals surface area contributed by atoms with Crippen molar-refractivity contribution < 1.29 is 9.47 Å². The van der Waals surface area contributed by atoms with E-state index >= 15 is 0 Å². The number of para-hydroxylation sites is 1. The molecule has 2 fully saturated rings. The number of hydrogen-bond acceptors (Lipinski definition) is 4. The molecule has 2 heterocycles. The van der Waals surface area contributed by atoms with Crippen molar-refractivity contribution in [2.45, 2.75) is 31.4 Å². The summed E-state index contributed by atoms with van der Waals surface area (Å²) >= 11 is 0. The van der Waals surface area contributed by atoms with E-state index in [4.69, 9.17) is 9.47 Å². The van der Waals surface area contributed by atoms with Gasteiger partial charge in [0.2, 0.25) is 0 Å². The number of rotatable bonds is 7. The topological polar surface area (TPSA) is 33.7 Å². The van der Waals surface area contributed by atoms with Crippen LogP contribution < -0.4 is 10.1 Å². The summed E-state index contributed by atoms with van der Waals surface area (Å²) in [6, 6.07) is 10.7. The molecule has 0 aliphatic carbocycles. The molecular weight excluding hydrogens is 264 g/mol. The molecule has 1 N–H and O–H groups in total. The molecule has 1 aromatic carbocycles. The third kappa shape index (κ3) is 4.43. The fraction of sp³-hybridized carbons (Fsp3) is 0.647. The minimum atomic E-state index is 0.356. The summed E-state index contributed by atoms with van der Waals surface area (Å²) < 4.78 is 11.6. The van der Waals surface area contributed by atoms with Crippen molar-refractivity contribution in [3.05, 3.63) is 30.3 Å². The first-order valence-corrected chi connectivity index (χ1v) is 8.16. The predicted molar refractivity (Wildman–Crippen MR) is 83.8 cm³/mol. The molecule has 2 atom stereocenters. The van der Waals surface area contributed by atoms with E-state index in [1.165, 1.54) is 19.4 Å². The standard InChI is InChI=1S/C17H26N2O2/c1-2-7-16(8-3-1)20-11-5-9-18-12-17-13-19-10-4-6-15(19)14-21-17/h1-3,7-8,15,17-18H,4-6,9-14H2. The molecule has 1 aromatic rings. The summed E-state index contributed by atoms with van der Waals surface area (Å²) in [7, 11) is 0. The molecule has 3 rings (SSSR count). The molecule has 2 unspecified atom stereocenters. The van der Waals surface area contributed by atoms with E-state index in [2.05, 4.69) is 10.2 Å². The zero-order valence-electron chi connectivity index (χ0n) is 12.7. The molecule has 4 nitrogen and oxygen atoms in total. The van der Waals surface area contributed by atoms with Gasteiger partial charge in [-0.15, -0.1) is 0 Å². The number of nitrogens with one attached hydrogen (secondary N) is 1. The third-order valence-electron chi connectivity index (χ3n) is 4.34. The zero-order chi connectivity index (χ0) is 14.3. The monoisotopic (exact) mass is 290 g/mol. The summed E-state index contributed by atoms with van der Waals surface area (Å²) in [6.45, 7) is 5.97. The van der Waals surface area contributed by atoms with Crippen molar-refractivity contribution in [3.63, 3.8) is 0 Å². The van der Waals surface area contributed by atoms with Crippen LogP contribution in [-0.2, 0) is 4.74 Å². The Labute approximate surface area is 127 Å². The SMILES string of the molecule is c1ccc(OCCCNCC2CN3CCCC3CO2)cc1. The van der Waals surface area contributed by atoms with Crippen LogP contribution in [0.25, 0.3) is 0 Å². The van der Waals surface area contributed by atoms with Gasteiger partial charge in [0.1, 0.15) is 5.75 Å². The summed E-state index contributed by atoms with van der Waals surface area (Å²) in [5.74, 6) is 0.952. The van der Waals surface area contributed by atoms with Crippen LogP contribution in [0.3, 0.4) is 0 Å². The average molecular weight is 290 g/mol. The van der Waals surface area contributed by atoms with E-state index in [9.17, 15) is 0 Å². The van der Waals surface area contributed by atoms with Crippen molar-refractivity contribution >= 4 is 0 Å². The Balaban J connectivity index is 1.24. The Morgan fingerprint density at radius 2 is 2.19 bits per heavy atom. The lowest BCUT2D eigenvalue weighted by atomic mass is 10.2. The number of nitrogens with zero attached hydrogens (tertiary/aromatic N) is 1. The highest BCUT2D eigenvalue weighted by molar-refractivity contribution is 5.20. The molecule has 0 radical (unpaired) electrons. The lowest BCUT2D eigenvalue weighted by Gasteiger charge is -2.35. The first kappa shape index (κ1) is 14.8. The summed E-state index contributed by atoms with van der Waals surface area (Å²) in [5, 5.41) is 3.49. The molecule has 21 heavy (non-hydrogen) atoms. The fourth-order valence-corrected chi connectivity index (χ4v) is 3.18. The number of benzene rings is 1. The largest absolute Gasteiger partial charge is 0.494 e. The summed E-state index contributed by atoms with van der Waals surface area (Å²) in [4.78, 5) is 2.59. The van der Waals surface area contributed by atoms with Gasteiger partial charge >= 0.3 is 0 Å². The summed E-state index contributed by atoms with van der Waals surface area (Å²) in [6.07, 6.45) is 4.03. The maximum atomic E-state index is 5.93. The van der Waals surface area contributed by atoms with Gasteiger partial charge in [-0.05, 0) is 44.5 Å². The van der Waals surface area contributed by atoms with Crippen molar-refractivity contribution in [2.24, 2.45) is 0 Å². The first-order valence-electron chi connectivity index (χ1n) is 8.16. The molecule has 116 valence electrons. The van der Waals surface area contributed by atoms with Crippen molar-refractivity contribution in [1.82, 2.24) is 10.2 Å². The molecule has 0 amide bonds. The maximum absolute atomic E-state index is 5.93. The van der Waals surface area contributed by atoms with Crippen molar-refractivity contribution in [2.75, 3.05) is 39.4 Å². The Hall–Kier alpha value is -1.10. The lowest BCUT2D eigenvalue weighted by molar-refractivity contribution is -0.0469. The second-order valence-corrected chi connectivity index (χ2v) is 5.97. The van der Waals surface area contributed by atoms with Crippen molar-refractivity contribution in [1.29, 1.82) is 0 Å². The van der Waals surface area contributed by atoms with Gasteiger partial charge in [0.15, 0.2) is 0 Å². The Morgan fingerprint density at radius 3 is 3.10 bits per heavy atom. The number of ether oxygens (including phenoxy) is 2. The second-order valence-electron chi connectivity index (χ2n) is 5.97. The fourth-order valence-electron chi connectivity index (χ4n) is 3.18. The van der Waals surface area contributed by atoms with Gasteiger partial charge in [-0.2, -0.15) is 0 Å². The quantitative estimate of drug-likeness (QED) is 0.778. The molecular formula is C17H26N2O2. The van der Waals surface area contributed by atoms with Gasteiger partial charge in [-0.1, -0.05) is 18.2 Å². The van der Waals surface area contributed by atoms with Crippen LogP contribution in [0.4, 0.5) is 0 Å². The Morgan fingerprint density at radius 1 is 1.29 bits per heavy atom. The number of fused-ring (bicyclic) bond motifs is 1. The van der Waals surface area contributed by atoms with E-state index in [0.717, 1.165) is 45.0 Å². The van der Waals surface area contributed by atoms with E-state index in [1.54, 1.807) is 0 Å². The summed E-state index contributed by atoms with van der Waals surface area (Å²) in [5.41, 5.74) is 0. The number of hydrogen-bond donors (Lipinski definition) is 1. The molecule has 0 bridgehead atoms. The zero-order valence-corrected chi connectivity index (χ0v) is 12.7. The lowest BCUT2D eigenvalue weighted by Crippen LogP contribution is -2.49. The van der Waals surface area contributed by atoms with Gasteiger partial charge < -0.3 is 14.8 Å². The highest BCUT2D eigenvalue weighted by Gasteiger charge is 2.31. The minimum Gasteiger partial charge on any atom is -0.494 e. The van der Waals surface area contributed by atoms with Crippen LogP contribution in [0.15, 0.2) is 30.3 Å². The van der Waals surface area contributed by atoms with E-state index < -0.39 is 0 Å². The second kappa shape index (κ2) is 7.78. The van der Waals surface area contributed by atoms with Crippen LogP contribution in [0.5, 0.6) is 5.75 Å². The van der Waals surface area contributed by atoms with Gasteiger partial charge in [0.25, 0.3) is 0 Å². The molecule has 0 spiro atoms. The van der Waals surface area contributed by atoms with Crippen LogP contribution in [0.1, 0.15) is 19.3 Å². The first-order chi connectivity index (χ1) is 10.4. The maximum Gasteiger partial charge on any atom is 0.119 e. The molecule has 0 saturated carbocycles. The smallest absolute Gasteiger partial charge is 0.119 e. The van der Waals surface area contributed by atoms with Gasteiger partial charge in [-0.3, -0.25) is 4.90 Å². The van der Waals surface area contributed by atoms with Crippen LogP contribution in [0.2, 0.25) is 0 Å². The van der Waals surface area contributed by atoms with Crippen molar-refractivity contribution in [3.8, 4) is 5.75 Å². The van der Waals surface area contributed by atoms with Crippen LogP contribution >= 0.6 is 0 Å². The van der Waals surface area contributed by atoms with Crippen LogP contribution in [0, 0.1) is 0 Å². The highest BCUT2D eigenvalue weighted by Crippen LogP contribution is 2.22. The van der Waals surface area contributed by atoms with E-state index in [-0.39, 0.29) is 0 Å². The predicted octanol–water partition coefficient (Wildman–Crippen LogP) is 1.91. The van der Waals surface area contributed by atoms with Gasteiger partial charge in [-0.25, -0.2) is 0 Å². The molecule has 0 aromatic heterocycles. The average Bonchev–Trinajstić information content (AvgIpc) is 2.99. The highest BCUT2D eigenvalue weighted by atomic mass is 16.5. The Kier molecular flexibility index (Phi) is 5.49. The molecule has 2 saturated heterocycles. The van der Waals surface area contributed by atoms with Gasteiger partial charge in [0.05, 0.1) is 19.3 Å². The normalized spacial score (nSPS) is 25.7. The van der Waals surface area contributed by atoms with E-state index in [0.29, 0.717) is 12.1 Å². The molecule has 4 heteroatoms. The molecule has 2 aliphatic heterocycles. The van der Waals surface area contributed by atoms with E-state index in [1.807, 2.05) is 30.3 Å². The number of morpholine rings is 1. The molecule has 2 aliphatic rings. The van der Waals surface area contributed by atoms with Gasteiger partial charge in [0, 0.05) is 19.1 Å². The third-order valence-corrected chi connectivity index (χ3v) is 4.34. The van der Waals surface area contributed by atoms with Crippen LogP contribution in [-0.4, -0.2) is 56.4 Å². The minimum absolute atomic E-state index is 0.356. The Bertz CT molecular complexity index is 413.